The molecule has 0 spiro atoms. The monoisotopic (exact) mass is 191 g/mol. The van der Waals surface area contributed by atoms with E-state index in [1.54, 1.807) is 11.8 Å². The number of thioether (sulfide) groups is 1. The second-order valence-electron chi connectivity index (χ2n) is 2.31. The van der Waals surface area contributed by atoms with Crippen molar-refractivity contribution in [3.8, 4) is 11.8 Å². The highest BCUT2D eigenvalue weighted by Gasteiger charge is 1.95. The summed E-state index contributed by atoms with van der Waals surface area (Å²) in [5, 5.41) is 0. The number of hydrogen-bond donors (Lipinski definition) is 1. The zero-order valence-electron chi connectivity index (χ0n) is 7.20. The first-order chi connectivity index (χ1) is 6.24. The lowest BCUT2D eigenvalue weighted by atomic mass is 10.2. The van der Waals surface area contributed by atoms with Crippen molar-refractivity contribution < 1.29 is 4.79 Å². The second-order valence-corrected chi connectivity index (χ2v) is 3.16. The Morgan fingerprint density at radius 2 is 2.15 bits per heavy atom. The van der Waals surface area contributed by atoms with Crippen LogP contribution in [0.5, 0.6) is 0 Å². The van der Waals surface area contributed by atoms with Crippen LogP contribution in [0.1, 0.15) is 5.56 Å². The van der Waals surface area contributed by atoms with Crippen LogP contribution in [0, 0.1) is 11.8 Å². The fourth-order valence-corrected chi connectivity index (χ4v) is 1.43. The van der Waals surface area contributed by atoms with Crippen LogP contribution in [-0.4, -0.2) is 12.2 Å². The van der Waals surface area contributed by atoms with Crippen LogP contribution in [0.4, 0.5) is 0 Å². The third kappa shape index (κ3) is 2.85. The maximum Gasteiger partial charge on any atom is 0.293 e. The summed E-state index contributed by atoms with van der Waals surface area (Å²) in [5.41, 5.74) is 5.75. The molecule has 2 nitrogen and oxygen atoms in total. The van der Waals surface area contributed by atoms with Gasteiger partial charge in [0.1, 0.15) is 0 Å². The highest BCUT2D eigenvalue weighted by molar-refractivity contribution is 7.98. The van der Waals surface area contributed by atoms with Crippen LogP contribution in [0.25, 0.3) is 0 Å². The molecule has 0 fully saturated rings. The van der Waals surface area contributed by atoms with Crippen molar-refractivity contribution in [2.45, 2.75) is 4.90 Å². The summed E-state index contributed by atoms with van der Waals surface area (Å²) in [6.45, 7) is 0. The molecule has 0 aliphatic rings. The van der Waals surface area contributed by atoms with Gasteiger partial charge >= 0.3 is 0 Å². The minimum Gasteiger partial charge on any atom is -0.359 e. The Morgan fingerprint density at radius 1 is 1.46 bits per heavy atom. The van der Waals surface area contributed by atoms with Crippen molar-refractivity contribution in [3.63, 3.8) is 0 Å². The van der Waals surface area contributed by atoms with Crippen LogP contribution < -0.4 is 5.73 Å². The molecule has 1 rings (SSSR count). The van der Waals surface area contributed by atoms with Crippen molar-refractivity contribution in [1.29, 1.82) is 0 Å². The summed E-state index contributed by atoms with van der Waals surface area (Å²) in [4.78, 5) is 11.5. The van der Waals surface area contributed by atoms with E-state index in [2.05, 4.69) is 11.8 Å². The van der Waals surface area contributed by atoms with Crippen molar-refractivity contribution in [2.75, 3.05) is 6.26 Å². The third-order valence-corrected chi connectivity index (χ3v) is 2.22. The van der Waals surface area contributed by atoms with Gasteiger partial charge in [-0.2, -0.15) is 0 Å². The quantitative estimate of drug-likeness (QED) is 0.536. The molecule has 66 valence electrons. The molecule has 0 saturated carbocycles. The molecule has 0 aliphatic heterocycles. The predicted molar refractivity (Wildman–Crippen MR) is 54.3 cm³/mol. The Labute approximate surface area is 81.5 Å². The van der Waals surface area contributed by atoms with Gasteiger partial charge < -0.3 is 5.73 Å². The van der Waals surface area contributed by atoms with Gasteiger partial charge in [-0.15, -0.1) is 11.8 Å². The summed E-state index contributed by atoms with van der Waals surface area (Å²) in [5.74, 6) is 4.43. The van der Waals surface area contributed by atoms with E-state index in [1.807, 2.05) is 30.5 Å². The van der Waals surface area contributed by atoms with Crippen LogP contribution >= 0.6 is 11.8 Å². The van der Waals surface area contributed by atoms with Crippen molar-refractivity contribution >= 4 is 17.7 Å². The van der Waals surface area contributed by atoms with E-state index in [9.17, 15) is 4.79 Å². The minimum absolute atomic E-state index is 0.601. The maximum atomic E-state index is 10.4. The Bertz CT molecular complexity index is 376. The van der Waals surface area contributed by atoms with Gasteiger partial charge in [0.25, 0.3) is 5.91 Å². The normalized spacial score (nSPS) is 8.69. The Morgan fingerprint density at radius 3 is 2.77 bits per heavy atom. The zero-order chi connectivity index (χ0) is 9.68. The average molecular weight is 191 g/mol. The summed E-state index contributed by atoms with van der Waals surface area (Å²) in [7, 11) is 0. The summed E-state index contributed by atoms with van der Waals surface area (Å²) in [6, 6.07) is 7.63. The van der Waals surface area contributed by atoms with E-state index in [-0.39, 0.29) is 0 Å². The average Bonchev–Trinajstić information content (AvgIpc) is 2.15. The van der Waals surface area contributed by atoms with E-state index in [4.69, 9.17) is 5.73 Å². The molecule has 1 aromatic carbocycles. The smallest absolute Gasteiger partial charge is 0.293 e. The van der Waals surface area contributed by atoms with E-state index in [0.29, 0.717) is 0 Å². The van der Waals surface area contributed by atoms with Crippen LogP contribution in [-0.2, 0) is 4.79 Å². The Hall–Kier alpha value is -1.40. The van der Waals surface area contributed by atoms with Crippen LogP contribution in [0.2, 0.25) is 0 Å². The molecule has 1 amide bonds. The summed E-state index contributed by atoms with van der Waals surface area (Å²) >= 11 is 1.59. The molecular weight excluding hydrogens is 182 g/mol. The predicted octanol–water partition coefficient (Wildman–Crippen LogP) is 1.25. The lowest BCUT2D eigenvalue weighted by molar-refractivity contribution is -0.112. The molecule has 0 aliphatic carbocycles. The molecule has 3 heteroatoms. The molecule has 0 saturated heterocycles. The SMILES string of the molecule is CSc1ccccc1C#CC(N)=O. The van der Waals surface area contributed by atoms with E-state index < -0.39 is 5.91 Å². The molecule has 1 aromatic rings. The zero-order valence-corrected chi connectivity index (χ0v) is 8.02. The van der Waals surface area contributed by atoms with Gasteiger partial charge in [-0.05, 0) is 18.4 Å². The first-order valence-corrected chi connectivity index (χ1v) is 4.91. The fraction of sp³-hybridized carbons (Fsp3) is 0.100. The highest BCUT2D eigenvalue weighted by atomic mass is 32.2. The number of benzene rings is 1. The molecule has 2 N–H and O–H groups in total. The van der Waals surface area contributed by atoms with E-state index >= 15 is 0 Å². The number of primary amides is 1. The lowest BCUT2D eigenvalue weighted by Gasteiger charge is -1.97. The van der Waals surface area contributed by atoms with E-state index in [1.165, 1.54) is 0 Å². The molecular formula is C10H9NOS. The first kappa shape index (κ1) is 9.69. The standard InChI is InChI=1S/C10H9NOS/c1-13-9-5-3-2-4-8(9)6-7-10(11)12/h2-5H,1H3,(H2,11,12). The van der Waals surface area contributed by atoms with E-state index in [0.717, 1.165) is 10.5 Å². The highest BCUT2D eigenvalue weighted by Crippen LogP contribution is 2.18. The van der Waals surface area contributed by atoms with Gasteiger partial charge in [-0.1, -0.05) is 18.1 Å². The molecule has 0 bridgehead atoms. The molecule has 0 heterocycles. The molecule has 13 heavy (non-hydrogen) atoms. The van der Waals surface area contributed by atoms with Crippen LogP contribution in [0.15, 0.2) is 29.2 Å². The first-order valence-electron chi connectivity index (χ1n) is 3.68. The Kier molecular flexibility index (Phi) is 3.41. The van der Waals surface area contributed by atoms with Gasteiger partial charge in [0.2, 0.25) is 0 Å². The minimum atomic E-state index is -0.601. The number of amides is 1. The fourth-order valence-electron chi connectivity index (χ4n) is 0.877. The van der Waals surface area contributed by atoms with Crippen molar-refractivity contribution in [1.82, 2.24) is 0 Å². The molecule has 0 atom stereocenters. The maximum absolute atomic E-state index is 10.4. The van der Waals surface area contributed by atoms with Gasteiger partial charge in [-0.3, -0.25) is 4.79 Å². The van der Waals surface area contributed by atoms with Crippen molar-refractivity contribution in [2.24, 2.45) is 5.73 Å². The van der Waals surface area contributed by atoms with Gasteiger partial charge in [0.05, 0.1) is 0 Å². The topological polar surface area (TPSA) is 43.1 Å². The number of carbonyl (C=O) groups is 1. The molecule has 0 radical (unpaired) electrons. The summed E-state index contributed by atoms with van der Waals surface area (Å²) in [6.07, 6.45) is 1.96. The Balaban J connectivity index is 3.02. The van der Waals surface area contributed by atoms with Gasteiger partial charge in [-0.25, -0.2) is 0 Å². The summed E-state index contributed by atoms with van der Waals surface area (Å²) < 4.78 is 0. The number of carbonyl (C=O) groups excluding carboxylic acids is 1. The lowest BCUT2D eigenvalue weighted by Crippen LogP contribution is -2.06. The number of nitrogens with two attached hydrogens (primary N) is 1. The largest absolute Gasteiger partial charge is 0.359 e. The van der Waals surface area contributed by atoms with Crippen molar-refractivity contribution in [3.05, 3.63) is 29.8 Å². The molecule has 0 unspecified atom stereocenters. The molecule has 0 aromatic heterocycles. The van der Waals surface area contributed by atoms with Gasteiger partial charge in [0.15, 0.2) is 0 Å². The number of hydrogen-bond acceptors (Lipinski definition) is 2. The van der Waals surface area contributed by atoms with Crippen LogP contribution in [0.3, 0.4) is 0 Å². The second kappa shape index (κ2) is 4.58. The number of rotatable bonds is 1. The third-order valence-electron chi connectivity index (χ3n) is 1.43. The van der Waals surface area contributed by atoms with Gasteiger partial charge in [0, 0.05) is 16.4 Å².